The predicted molar refractivity (Wildman–Crippen MR) is 43.9 cm³/mol. The van der Waals surface area contributed by atoms with Crippen molar-refractivity contribution >= 4 is 7.85 Å². The number of rotatable bonds is 4. The minimum Gasteiger partial charge on any atom is -0.0882 e. The lowest BCUT2D eigenvalue weighted by Crippen LogP contribution is -2.12. The van der Waals surface area contributed by atoms with Crippen molar-refractivity contribution in [3.63, 3.8) is 0 Å². The molecule has 0 atom stereocenters. The second-order valence-electron chi connectivity index (χ2n) is 3.06. The fraction of sp³-hybridized carbons (Fsp3) is 1.00. The molecule has 0 saturated carbocycles. The van der Waals surface area contributed by atoms with Crippen molar-refractivity contribution in [3.8, 4) is 0 Å². The van der Waals surface area contributed by atoms with Gasteiger partial charge in [0, 0.05) is 0 Å². The van der Waals surface area contributed by atoms with E-state index < -0.39 is 0 Å². The van der Waals surface area contributed by atoms with E-state index in [4.69, 9.17) is 7.85 Å². The molecule has 0 nitrogen and oxygen atoms in total. The van der Waals surface area contributed by atoms with E-state index in [1.165, 1.54) is 19.3 Å². The minimum absolute atomic E-state index is 0.509. The lowest BCUT2D eigenvalue weighted by atomic mass is 9.77. The molecular formula is C8H17B. The van der Waals surface area contributed by atoms with Crippen LogP contribution in [0, 0.1) is 5.41 Å². The van der Waals surface area contributed by atoms with Crippen LogP contribution < -0.4 is 0 Å². The van der Waals surface area contributed by atoms with Gasteiger partial charge in [0.25, 0.3) is 0 Å². The first kappa shape index (κ1) is 9.06. The van der Waals surface area contributed by atoms with Gasteiger partial charge in [-0.2, -0.15) is 0 Å². The molecule has 2 radical (unpaired) electrons. The Bertz CT molecular complexity index is 65.0. The van der Waals surface area contributed by atoms with E-state index in [0.717, 1.165) is 6.32 Å². The molecule has 0 spiro atoms. The normalized spacial score (nSPS) is 11.9. The Kier molecular flexibility index (Phi) is 4.00. The molecule has 0 amide bonds. The molecule has 0 aromatic heterocycles. The minimum atomic E-state index is 0.509. The van der Waals surface area contributed by atoms with Crippen LogP contribution in [0.15, 0.2) is 0 Å². The zero-order valence-corrected chi connectivity index (χ0v) is 6.91. The molecule has 0 heterocycles. The molecule has 1 heteroatoms. The van der Waals surface area contributed by atoms with Crippen LogP contribution in [-0.4, -0.2) is 7.85 Å². The van der Waals surface area contributed by atoms with Crippen molar-refractivity contribution in [2.24, 2.45) is 5.41 Å². The van der Waals surface area contributed by atoms with Gasteiger partial charge in [-0.05, 0) is 5.41 Å². The smallest absolute Gasteiger partial charge is 0.0653 e. The fourth-order valence-corrected chi connectivity index (χ4v) is 0.952. The SMILES string of the molecule is [B]CCC(C)(CC)CC. The first-order valence-corrected chi connectivity index (χ1v) is 3.88. The molecule has 0 bridgehead atoms. The van der Waals surface area contributed by atoms with Gasteiger partial charge in [0.1, 0.15) is 0 Å². The van der Waals surface area contributed by atoms with Gasteiger partial charge in [0.05, 0.1) is 7.85 Å². The highest BCUT2D eigenvalue weighted by molar-refractivity contribution is 6.08. The molecule has 0 fully saturated rings. The van der Waals surface area contributed by atoms with E-state index >= 15 is 0 Å². The molecule has 52 valence electrons. The van der Waals surface area contributed by atoms with Crippen LogP contribution >= 0.6 is 0 Å². The van der Waals surface area contributed by atoms with Crippen molar-refractivity contribution in [2.75, 3.05) is 0 Å². The van der Waals surface area contributed by atoms with Crippen molar-refractivity contribution < 1.29 is 0 Å². The van der Waals surface area contributed by atoms with E-state index in [-0.39, 0.29) is 0 Å². The molecule has 0 aromatic carbocycles. The van der Waals surface area contributed by atoms with Crippen LogP contribution in [0.1, 0.15) is 40.0 Å². The average Bonchev–Trinajstić information content (AvgIpc) is 1.89. The predicted octanol–water partition coefficient (Wildman–Crippen LogP) is 2.79. The highest BCUT2D eigenvalue weighted by Gasteiger charge is 2.16. The second kappa shape index (κ2) is 3.97. The van der Waals surface area contributed by atoms with Crippen LogP contribution in [-0.2, 0) is 0 Å². The Hall–Kier alpha value is 0.0649. The van der Waals surface area contributed by atoms with Gasteiger partial charge in [0.2, 0.25) is 0 Å². The Balaban J connectivity index is 3.62. The van der Waals surface area contributed by atoms with Crippen LogP contribution in [0.5, 0.6) is 0 Å². The lowest BCUT2D eigenvalue weighted by Gasteiger charge is -2.25. The number of hydrogen-bond acceptors (Lipinski definition) is 0. The van der Waals surface area contributed by atoms with Crippen LogP contribution in [0.4, 0.5) is 0 Å². The van der Waals surface area contributed by atoms with Gasteiger partial charge in [-0.15, -0.1) is 0 Å². The summed E-state index contributed by atoms with van der Waals surface area (Å²) in [5.41, 5.74) is 0.509. The molecule has 9 heavy (non-hydrogen) atoms. The van der Waals surface area contributed by atoms with Gasteiger partial charge < -0.3 is 0 Å². The van der Waals surface area contributed by atoms with E-state index in [2.05, 4.69) is 20.8 Å². The first-order valence-electron chi connectivity index (χ1n) is 3.88. The van der Waals surface area contributed by atoms with Crippen LogP contribution in [0.3, 0.4) is 0 Å². The maximum atomic E-state index is 5.47. The van der Waals surface area contributed by atoms with Crippen molar-refractivity contribution in [1.29, 1.82) is 0 Å². The second-order valence-corrected chi connectivity index (χ2v) is 3.06. The largest absolute Gasteiger partial charge is 0.0882 e. The Morgan fingerprint density at radius 2 is 1.67 bits per heavy atom. The van der Waals surface area contributed by atoms with Crippen LogP contribution in [0.2, 0.25) is 6.32 Å². The summed E-state index contributed by atoms with van der Waals surface area (Å²) >= 11 is 0. The van der Waals surface area contributed by atoms with E-state index in [9.17, 15) is 0 Å². The third kappa shape index (κ3) is 2.93. The quantitative estimate of drug-likeness (QED) is 0.505. The first-order chi connectivity index (χ1) is 4.18. The summed E-state index contributed by atoms with van der Waals surface area (Å²) in [5, 5.41) is 0. The zero-order chi connectivity index (χ0) is 7.33. The molecule has 0 aromatic rings. The summed E-state index contributed by atoms with van der Waals surface area (Å²) in [5.74, 6) is 0. The standard InChI is InChI=1S/C8H17B/c1-4-8(3,5-2)6-7-9/h4-7H2,1-3H3. The monoisotopic (exact) mass is 124 g/mol. The summed E-state index contributed by atoms with van der Waals surface area (Å²) in [6.45, 7) is 6.78. The highest BCUT2D eigenvalue weighted by Crippen LogP contribution is 2.30. The van der Waals surface area contributed by atoms with E-state index in [1.807, 2.05) is 0 Å². The number of hydrogen-bond donors (Lipinski definition) is 0. The Labute approximate surface area is 60.4 Å². The van der Waals surface area contributed by atoms with Gasteiger partial charge >= 0.3 is 0 Å². The summed E-state index contributed by atoms with van der Waals surface area (Å²) in [7, 11) is 5.47. The molecular weight excluding hydrogens is 107 g/mol. The Morgan fingerprint density at radius 3 is 1.78 bits per heavy atom. The maximum Gasteiger partial charge on any atom is 0.0653 e. The van der Waals surface area contributed by atoms with Gasteiger partial charge in [-0.3, -0.25) is 0 Å². The van der Waals surface area contributed by atoms with Crippen molar-refractivity contribution in [1.82, 2.24) is 0 Å². The zero-order valence-electron chi connectivity index (χ0n) is 6.91. The lowest BCUT2D eigenvalue weighted by molar-refractivity contribution is 0.286. The van der Waals surface area contributed by atoms with E-state index in [0.29, 0.717) is 5.41 Å². The molecule has 0 unspecified atom stereocenters. The van der Waals surface area contributed by atoms with E-state index in [1.54, 1.807) is 0 Å². The molecule has 0 N–H and O–H groups in total. The maximum absolute atomic E-state index is 5.47. The van der Waals surface area contributed by atoms with Crippen molar-refractivity contribution in [3.05, 3.63) is 0 Å². The highest BCUT2D eigenvalue weighted by atomic mass is 14.2. The van der Waals surface area contributed by atoms with Gasteiger partial charge in [-0.25, -0.2) is 0 Å². The van der Waals surface area contributed by atoms with Crippen LogP contribution in [0.25, 0.3) is 0 Å². The topological polar surface area (TPSA) is 0 Å². The Morgan fingerprint density at radius 1 is 1.22 bits per heavy atom. The fourth-order valence-electron chi connectivity index (χ4n) is 0.952. The van der Waals surface area contributed by atoms with Crippen molar-refractivity contribution in [2.45, 2.75) is 46.4 Å². The molecule has 0 aliphatic carbocycles. The molecule has 0 aliphatic rings. The molecule has 0 saturated heterocycles. The summed E-state index contributed by atoms with van der Waals surface area (Å²) in [6.07, 6.45) is 4.50. The summed E-state index contributed by atoms with van der Waals surface area (Å²) in [6, 6.07) is 0. The van der Waals surface area contributed by atoms with Gasteiger partial charge in [0.15, 0.2) is 0 Å². The molecule has 0 rings (SSSR count). The third-order valence-corrected chi connectivity index (χ3v) is 2.45. The molecule has 0 aliphatic heterocycles. The summed E-state index contributed by atoms with van der Waals surface area (Å²) in [4.78, 5) is 0. The third-order valence-electron chi connectivity index (χ3n) is 2.45. The van der Waals surface area contributed by atoms with Gasteiger partial charge in [-0.1, -0.05) is 46.4 Å². The summed E-state index contributed by atoms with van der Waals surface area (Å²) < 4.78 is 0. The average molecular weight is 124 g/mol.